The summed E-state index contributed by atoms with van der Waals surface area (Å²) in [5.74, 6) is -3.93. The number of halogens is 3. The quantitative estimate of drug-likeness (QED) is 0.0380. The van der Waals surface area contributed by atoms with Gasteiger partial charge < -0.3 is 48.4 Å². The normalized spacial score (nSPS) is 13.7. The predicted octanol–water partition coefficient (Wildman–Crippen LogP) is 1.97. The van der Waals surface area contributed by atoms with E-state index in [9.17, 15) is 41.9 Å². The Hall–Kier alpha value is -7.26. The maximum Gasteiger partial charge on any atom is 0.416 e. The fourth-order valence-electron chi connectivity index (χ4n) is 6.82. The zero-order chi connectivity index (χ0) is 47.1. The average molecular weight is 903 g/mol. The summed E-state index contributed by atoms with van der Waals surface area (Å²) < 4.78 is 39.9. The fourth-order valence-corrected chi connectivity index (χ4v) is 6.82. The number of aromatic nitrogens is 3. The summed E-state index contributed by atoms with van der Waals surface area (Å²) in [6, 6.07) is 12.7. The molecule has 346 valence electrons. The molecule has 0 aliphatic heterocycles. The Kier molecular flexibility index (Phi) is 17.2. The van der Waals surface area contributed by atoms with E-state index >= 15 is 0 Å². The van der Waals surface area contributed by atoms with Crippen LogP contribution in [0.4, 0.5) is 18.0 Å². The summed E-state index contributed by atoms with van der Waals surface area (Å²) in [7, 11) is 0. The Morgan fingerprint density at radius 1 is 0.738 bits per heavy atom. The third kappa shape index (κ3) is 14.4. The molecule has 0 spiro atoms. The number of hydrogen-bond acceptors (Lipinski definition) is 9. The average Bonchev–Trinajstić information content (AvgIpc) is 3.95. The number of nitrogens with two attached hydrogens (primary N) is 3. The molecule has 2 heterocycles. The zero-order valence-corrected chi connectivity index (χ0v) is 35.5. The van der Waals surface area contributed by atoms with E-state index in [4.69, 9.17) is 17.2 Å². The number of hydrazine groups is 1. The molecular formula is C44H53F3N12O6. The summed E-state index contributed by atoms with van der Waals surface area (Å²) in [5.41, 5.74) is 21.6. The molecule has 0 bridgehead atoms. The second-order valence-electron chi connectivity index (χ2n) is 15.4. The molecule has 0 unspecified atom stereocenters. The van der Waals surface area contributed by atoms with E-state index in [1.807, 2.05) is 18.2 Å². The van der Waals surface area contributed by atoms with Gasteiger partial charge in [0.15, 0.2) is 0 Å². The SMILES string of the molecule is C[C@H](NC(=O)N(Cc1ccc(C(F)(F)F)cc1)NC(=O)[C@@H](N)Cc1cnc[nH]1)C(=O)N[C@@H](Cc1c[nH]c2ccccc12)C(=O)N[C@H](Cc1ccccc1)C(=O)N[C@@H](CCCCN)C(N)=O. The van der Waals surface area contributed by atoms with Gasteiger partial charge in [0.25, 0.3) is 5.91 Å². The van der Waals surface area contributed by atoms with Crippen LogP contribution in [0.3, 0.4) is 0 Å². The van der Waals surface area contributed by atoms with Crippen LogP contribution in [-0.2, 0) is 56.0 Å². The number of amides is 7. The van der Waals surface area contributed by atoms with Crippen molar-refractivity contribution in [2.45, 2.75) is 88.4 Å². The standard InChI is InChI=1S/C44H53F3N12O6/c1-26(54-43(65)59(24-28-14-16-30(17-15-28)44(45,46)47)58-40(62)33(49)21-31-23-51-25-53-31)39(61)56-37(20-29-22-52-34-12-6-5-11-32(29)34)42(64)57-36(19-27-9-3-2-4-10-27)41(63)55-35(38(50)60)13-7-8-18-48/h2-6,9-12,14-17,22-23,25-26,33,35-37,52H,7-8,13,18-21,24,48-49H2,1H3,(H2,50,60)(H,51,53)(H,54,65)(H,55,63)(H,56,61)(H,57,64)(H,58,62)/t26-,33-,35-,36+,37-/m0/s1. The number of carbonyl (C=O) groups is 6. The van der Waals surface area contributed by atoms with Gasteiger partial charge in [-0.3, -0.25) is 29.4 Å². The molecule has 65 heavy (non-hydrogen) atoms. The minimum absolute atomic E-state index is 0.00105. The van der Waals surface area contributed by atoms with Crippen molar-refractivity contribution in [3.63, 3.8) is 0 Å². The summed E-state index contributed by atoms with van der Waals surface area (Å²) in [4.78, 5) is 91.4. The predicted molar refractivity (Wildman–Crippen MR) is 233 cm³/mol. The van der Waals surface area contributed by atoms with Crippen LogP contribution in [-0.4, -0.2) is 92.3 Å². The number of carbonyl (C=O) groups excluding carboxylic acids is 6. The zero-order valence-electron chi connectivity index (χ0n) is 35.5. The number of rotatable bonds is 21. The first-order valence-electron chi connectivity index (χ1n) is 20.8. The lowest BCUT2D eigenvalue weighted by Gasteiger charge is -2.28. The van der Waals surface area contributed by atoms with Crippen molar-refractivity contribution in [1.29, 1.82) is 0 Å². The number of benzene rings is 3. The summed E-state index contributed by atoms with van der Waals surface area (Å²) >= 11 is 0. The smallest absolute Gasteiger partial charge is 0.368 e. The fraction of sp³-hybridized carbons (Fsp3) is 0.341. The number of unbranched alkanes of at least 4 members (excludes halogenated alkanes) is 1. The largest absolute Gasteiger partial charge is 0.416 e. The maximum absolute atomic E-state index is 14.4. The van der Waals surface area contributed by atoms with Gasteiger partial charge >= 0.3 is 12.2 Å². The molecule has 5 rings (SSSR count). The van der Waals surface area contributed by atoms with E-state index in [2.05, 4.69) is 41.6 Å². The van der Waals surface area contributed by atoms with Crippen LogP contribution in [0.15, 0.2) is 97.6 Å². The van der Waals surface area contributed by atoms with Crippen molar-refractivity contribution >= 4 is 46.5 Å². The van der Waals surface area contributed by atoms with Crippen molar-refractivity contribution in [3.8, 4) is 0 Å². The van der Waals surface area contributed by atoms with E-state index < -0.39 is 84.1 Å². The Bertz CT molecular complexity index is 2380. The molecule has 5 atom stereocenters. The Labute approximate surface area is 372 Å². The van der Waals surface area contributed by atoms with Crippen molar-refractivity contribution in [3.05, 3.63) is 126 Å². The van der Waals surface area contributed by atoms with Gasteiger partial charge in [0.1, 0.15) is 24.2 Å². The molecule has 5 aromatic rings. The highest BCUT2D eigenvalue weighted by Gasteiger charge is 2.33. The number of imidazole rings is 1. The lowest BCUT2D eigenvalue weighted by atomic mass is 10.0. The number of nitrogens with one attached hydrogen (secondary N) is 7. The molecule has 0 aliphatic rings. The molecule has 13 N–H and O–H groups in total. The molecule has 2 aromatic heterocycles. The highest BCUT2D eigenvalue weighted by atomic mass is 19.4. The van der Waals surface area contributed by atoms with Crippen LogP contribution >= 0.6 is 0 Å². The number of nitrogens with zero attached hydrogens (tertiary/aromatic N) is 2. The van der Waals surface area contributed by atoms with Crippen LogP contribution in [0.2, 0.25) is 0 Å². The molecule has 21 heteroatoms. The van der Waals surface area contributed by atoms with Gasteiger partial charge in [-0.05, 0) is 67.6 Å². The van der Waals surface area contributed by atoms with E-state index in [1.165, 1.54) is 19.4 Å². The molecule has 0 radical (unpaired) electrons. The van der Waals surface area contributed by atoms with Crippen molar-refractivity contribution < 1.29 is 41.9 Å². The van der Waals surface area contributed by atoms with E-state index in [-0.39, 0.29) is 31.2 Å². The van der Waals surface area contributed by atoms with E-state index in [0.29, 0.717) is 36.2 Å². The first-order chi connectivity index (χ1) is 31.0. The molecule has 0 saturated heterocycles. The van der Waals surface area contributed by atoms with Gasteiger partial charge in [0, 0.05) is 48.3 Å². The van der Waals surface area contributed by atoms with E-state index in [1.54, 1.807) is 42.6 Å². The number of aromatic amines is 2. The number of alkyl halides is 3. The van der Waals surface area contributed by atoms with Gasteiger partial charge in [-0.1, -0.05) is 60.7 Å². The highest BCUT2D eigenvalue weighted by molar-refractivity contribution is 5.96. The third-order valence-corrected chi connectivity index (χ3v) is 10.4. The van der Waals surface area contributed by atoms with Crippen LogP contribution < -0.4 is 43.9 Å². The minimum Gasteiger partial charge on any atom is -0.368 e. The Morgan fingerprint density at radius 2 is 1.38 bits per heavy atom. The van der Waals surface area contributed by atoms with Crippen LogP contribution in [0.5, 0.6) is 0 Å². The molecule has 3 aromatic carbocycles. The Balaban J connectivity index is 1.37. The number of hydrogen-bond donors (Lipinski definition) is 10. The molecule has 18 nitrogen and oxygen atoms in total. The summed E-state index contributed by atoms with van der Waals surface area (Å²) in [6.45, 7) is 1.24. The van der Waals surface area contributed by atoms with Gasteiger partial charge in [-0.15, -0.1) is 0 Å². The minimum atomic E-state index is -4.62. The maximum atomic E-state index is 14.4. The van der Waals surface area contributed by atoms with Gasteiger partial charge in [0.2, 0.25) is 23.6 Å². The van der Waals surface area contributed by atoms with Crippen LogP contribution in [0.25, 0.3) is 10.9 Å². The number of fused-ring (bicyclic) bond motifs is 1. The molecule has 0 saturated carbocycles. The number of H-pyrrole nitrogens is 2. The van der Waals surface area contributed by atoms with Gasteiger partial charge in [-0.2, -0.15) is 13.2 Å². The number of urea groups is 1. The summed E-state index contributed by atoms with van der Waals surface area (Å²) in [6.07, 6.45) is 1.11. The van der Waals surface area contributed by atoms with Crippen LogP contribution in [0, 0.1) is 0 Å². The molecular weight excluding hydrogens is 850 g/mol. The molecule has 0 aliphatic carbocycles. The first-order valence-corrected chi connectivity index (χ1v) is 20.8. The monoisotopic (exact) mass is 902 g/mol. The van der Waals surface area contributed by atoms with Gasteiger partial charge in [0.05, 0.1) is 24.5 Å². The number of para-hydroxylation sites is 1. The van der Waals surface area contributed by atoms with Gasteiger partial charge in [-0.25, -0.2) is 14.8 Å². The lowest BCUT2D eigenvalue weighted by Crippen LogP contribution is -2.60. The van der Waals surface area contributed by atoms with E-state index in [0.717, 1.165) is 40.2 Å². The second-order valence-corrected chi connectivity index (χ2v) is 15.4. The number of primary amides is 1. The first kappa shape index (κ1) is 48.8. The second kappa shape index (κ2) is 22.9. The van der Waals surface area contributed by atoms with Crippen molar-refractivity contribution in [1.82, 2.24) is 46.7 Å². The topological polar surface area (TPSA) is 288 Å². The third-order valence-electron chi connectivity index (χ3n) is 10.4. The lowest BCUT2D eigenvalue weighted by molar-refractivity contribution is -0.137. The van der Waals surface area contributed by atoms with Crippen molar-refractivity contribution in [2.24, 2.45) is 17.2 Å². The Morgan fingerprint density at radius 3 is 2.03 bits per heavy atom. The molecule has 0 fully saturated rings. The highest BCUT2D eigenvalue weighted by Crippen LogP contribution is 2.29. The van der Waals surface area contributed by atoms with Crippen molar-refractivity contribution in [2.75, 3.05) is 6.54 Å². The molecule has 7 amide bonds. The summed E-state index contributed by atoms with van der Waals surface area (Å²) in [5, 5.41) is 12.1. The van der Waals surface area contributed by atoms with Crippen LogP contribution in [0.1, 0.15) is 54.1 Å².